The molecular formula is C15H17NO3S. The summed E-state index contributed by atoms with van der Waals surface area (Å²) in [4.78, 5) is 0.242. The molecule has 0 amide bonds. The maximum Gasteiger partial charge on any atom is 0.262 e. The highest BCUT2D eigenvalue weighted by molar-refractivity contribution is 7.92. The molecule has 1 N–H and O–H groups in total. The summed E-state index contributed by atoms with van der Waals surface area (Å²) in [5.74, 6) is 0.486. The van der Waals surface area contributed by atoms with Gasteiger partial charge in [-0.1, -0.05) is 18.2 Å². The highest BCUT2D eigenvalue weighted by Gasteiger charge is 2.16. The molecule has 0 aliphatic carbocycles. The van der Waals surface area contributed by atoms with Crippen molar-refractivity contribution in [2.75, 3.05) is 11.8 Å². The summed E-state index contributed by atoms with van der Waals surface area (Å²) < 4.78 is 32.4. The topological polar surface area (TPSA) is 55.4 Å². The number of sulfonamides is 1. The third-order valence-electron chi connectivity index (χ3n) is 3.14. The number of benzene rings is 2. The van der Waals surface area contributed by atoms with Crippen LogP contribution in [0.3, 0.4) is 0 Å². The lowest BCUT2D eigenvalue weighted by molar-refractivity contribution is 0.417. The summed E-state index contributed by atoms with van der Waals surface area (Å²) in [7, 11) is -2.11. The lowest BCUT2D eigenvalue weighted by atomic mass is 10.1. The van der Waals surface area contributed by atoms with Crippen LogP contribution in [0.5, 0.6) is 5.75 Å². The van der Waals surface area contributed by atoms with E-state index in [1.807, 2.05) is 13.8 Å². The Morgan fingerprint density at radius 1 is 1.00 bits per heavy atom. The SMILES string of the molecule is COc1ccccc1NS(=O)(=O)c1ccc(C)c(C)c1. The van der Waals surface area contributed by atoms with Crippen LogP contribution in [-0.2, 0) is 10.0 Å². The number of nitrogens with one attached hydrogen (secondary N) is 1. The van der Waals surface area contributed by atoms with Crippen molar-refractivity contribution in [1.29, 1.82) is 0 Å². The Hall–Kier alpha value is -2.01. The largest absolute Gasteiger partial charge is 0.495 e. The van der Waals surface area contributed by atoms with Gasteiger partial charge in [-0.15, -0.1) is 0 Å². The van der Waals surface area contributed by atoms with Crippen molar-refractivity contribution in [2.24, 2.45) is 0 Å². The number of hydrogen-bond donors (Lipinski definition) is 1. The van der Waals surface area contributed by atoms with Crippen molar-refractivity contribution in [3.05, 3.63) is 53.6 Å². The summed E-state index contributed by atoms with van der Waals surface area (Å²) in [5.41, 5.74) is 2.42. The van der Waals surface area contributed by atoms with Gasteiger partial charge >= 0.3 is 0 Å². The van der Waals surface area contributed by atoms with Gasteiger partial charge < -0.3 is 4.74 Å². The quantitative estimate of drug-likeness (QED) is 0.941. The molecule has 0 saturated carbocycles. The predicted octanol–water partition coefficient (Wildman–Crippen LogP) is 3.11. The van der Waals surface area contributed by atoms with E-state index >= 15 is 0 Å². The first-order chi connectivity index (χ1) is 9.44. The number of ether oxygens (including phenoxy) is 1. The van der Waals surface area contributed by atoms with Gasteiger partial charge in [-0.25, -0.2) is 8.42 Å². The van der Waals surface area contributed by atoms with Crippen molar-refractivity contribution in [1.82, 2.24) is 0 Å². The van der Waals surface area contributed by atoms with E-state index in [1.54, 1.807) is 42.5 Å². The normalized spacial score (nSPS) is 11.2. The van der Waals surface area contributed by atoms with E-state index in [2.05, 4.69) is 4.72 Å². The molecule has 4 nitrogen and oxygen atoms in total. The lowest BCUT2D eigenvalue weighted by Crippen LogP contribution is -2.13. The van der Waals surface area contributed by atoms with Crippen LogP contribution < -0.4 is 9.46 Å². The Bertz CT molecular complexity index is 724. The molecule has 0 atom stereocenters. The molecule has 106 valence electrons. The van der Waals surface area contributed by atoms with Crippen molar-refractivity contribution in [2.45, 2.75) is 18.7 Å². The zero-order valence-electron chi connectivity index (χ0n) is 11.7. The second-order valence-corrected chi connectivity index (χ2v) is 6.23. The summed E-state index contributed by atoms with van der Waals surface area (Å²) in [6, 6.07) is 12.0. The van der Waals surface area contributed by atoms with Gasteiger partial charge in [0.2, 0.25) is 0 Å². The minimum Gasteiger partial charge on any atom is -0.495 e. The van der Waals surface area contributed by atoms with Crippen LogP contribution in [0.25, 0.3) is 0 Å². The smallest absolute Gasteiger partial charge is 0.262 e. The third kappa shape index (κ3) is 2.93. The molecule has 20 heavy (non-hydrogen) atoms. The van der Waals surface area contributed by atoms with E-state index in [-0.39, 0.29) is 4.90 Å². The van der Waals surface area contributed by atoms with Crippen LogP contribution in [0.1, 0.15) is 11.1 Å². The average molecular weight is 291 g/mol. The van der Waals surface area contributed by atoms with Crippen LogP contribution in [-0.4, -0.2) is 15.5 Å². The molecule has 0 spiro atoms. The Balaban J connectivity index is 2.38. The van der Waals surface area contributed by atoms with E-state index in [1.165, 1.54) is 7.11 Å². The van der Waals surface area contributed by atoms with Gasteiger partial charge in [0, 0.05) is 0 Å². The fourth-order valence-corrected chi connectivity index (χ4v) is 2.97. The summed E-state index contributed by atoms with van der Waals surface area (Å²) >= 11 is 0. The van der Waals surface area contributed by atoms with Crippen LogP contribution in [0.4, 0.5) is 5.69 Å². The Labute approximate surface area is 119 Å². The van der Waals surface area contributed by atoms with Crippen molar-refractivity contribution < 1.29 is 13.2 Å². The zero-order valence-corrected chi connectivity index (χ0v) is 12.5. The first kappa shape index (κ1) is 14.4. The number of methoxy groups -OCH3 is 1. The van der Waals surface area contributed by atoms with Gasteiger partial charge in [0.25, 0.3) is 10.0 Å². The van der Waals surface area contributed by atoms with E-state index in [4.69, 9.17) is 4.74 Å². The number of hydrogen-bond acceptors (Lipinski definition) is 3. The highest BCUT2D eigenvalue weighted by atomic mass is 32.2. The van der Waals surface area contributed by atoms with Crippen LogP contribution in [0, 0.1) is 13.8 Å². The minimum atomic E-state index is -3.62. The van der Waals surface area contributed by atoms with Crippen LogP contribution in [0.2, 0.25) is 0 Å². The molecule has 0 aliphatic rings. The first-order valence-corrected chi connectivity index (χ1v) is 7.65. The Kier molecular flexibility index (Phi) is 3.99. The molecule has 2 rings (SSSR count). The van der Waals surface area contributed by atoms with E-state index in [9.17, 15) is 8.42 Å². The number of rotatable bonds is 4. The molecule has 2 aromatic carbocycles. The molecule has 0 bridgehead atoms. The van der Waals surface area contributed by atoms with Crippen LogP contribution in [0.15, 0.2) is 47.4 Å². The van der Waals surface area contributed by atoms with Crippen LogP contribution >= 0.6 is 0 Å². The van der Waals surface area contributed by atoms with Gasteiger partial charge in [-0.3, -0.25) is 4.72 Å². The average Bonchev–Trinajstić information content (AvgIpc) is 2.42. The number of anilines is 1. The molecule has 0 aromatic heterocycles. The van der Waals surface area contributed by atoms with E-state index in [0.29, 0.717) is 11.4 Å². The van der Waals surface area contributed by atoms with Gasteiger partial charge in [-0.2, -0.15) is 0 Å². The van der Waals surface area contributed by atoms with Gasteiger partial charge in [0.15, 0.2) is 0 Å². The first-order valence-electron chi connectivity index (χ1n) is 6.17. The molecular weight excluding hydrogens is 274 g/mol. The zero-order chi connectivity index (χ0) is 14.8. The maximum atomic E-state index is 12.4. The standard InChI is InChI=1S/C15H17NO3S/c1-11-8-9-13(10-12(11)2)20(17,18)16-14-6-4-5-7-15(14)19-3/h4-10,16H,1-3H3. The lowest BCUT2D eigenvalue weighted by Gasteiger charge is -2.12. The Morgan fingerprint density at radius 3 is 2.35 bits per heavy atom. The molecule has 0 fully saturated rings. The number of aryl methyl sites for hydroxylation is 2. The predicted molar refractivity (Wildman–Crippen MR) is 79.7 cm³/mol. The molecule has 0 heterocycles. The maximum absolute atomic E-state index is 12.4. The van der Waals surface area contributed by atoms with Gasteiger partial charge in [-0.05, 0) is 49.2 Å². The van der Waals surface area contributed by atoms with Gasteiger partial charge in [0.05, 0.1) is 17.7 Å². The molecule has 5 heteroatoms. The molecule has 0 saturated heterocycles. The van der Waals surface area contributed by atoms with Crippen molar-refractivity contribution in [3.63, 3.8) is 0 Å². The van der Waals surface area contributed by atoms with Gasteiger partial charge in [0.1, 0.15) is 5.75 Å². The molecule has 0 unspecified atom stereocenters. The summed E-state index contributed by atoms with van der Waals surface area (Å²) in [6.07, 6.45) is 0. The minimum absolute atomic E-state index is 0.242. The Morgan fingerprint density at radius 2 is 1.70 bits per heavy atom. The second kappa shape index (κ2) is 5.54. The third-order valence-corrected chi connectivity index (χ3v) is 4.50. The number of para-hydroxylation sites is 2. The van der Waals surface area contributed by atoms with E-state index < -0.39 is 10.0 Å². The highest BCUT2D eigenvalue weighted by Crippen LogP contribution is 2.26. The molecule has 0 radical (unpaired) electrons. The fraction of sp³-hybridized carbons (Fsp3) is 0.200. The monoisotopic (exact) mass is 291 g/mol. The molecule has 0 aliphatic heterocycles. The van der Waals surface area contributed by atoms with Crippen molar-refractivity contribution in [3.8, 4) is 5.75 Å². The summed E-state index contributed by atoms with van der Waals surface area (Å²) in [5, 5.41) is 0. The van der Waals surface area contributed by atoms with Crippen molar-refractivity contribution >= 4 is 15.7 Å². The van der Waals surface area contributed by atoms with E-state index in [0.717, 1.165) is 11.1 Å². The second-order valence-electron chi connectivity index (χ2n) is 4.55. The fourth-order valence-electron chi connectivity index (χ4n) is 1.81. The molecule has 2 aromatic rings. The summed E-state index contributed by atoms with van der Waals surface area (Å²) in [6.45, 7) is 3.83.